The van der Waals surface area contributed by atoms with Crippen LogP contribution in [-0.4, -0.2) is 35.0 Å². The van der Waals surface area contributed by atoms with Crippen LogP contribution in [0.25, 0.3) is 10.9 Å². The Kier molecular flexibility index (Phi) is 9.61. The van der Waals surface area contributed by atoms with Gasteiger partial charge in [0.25, 0.3) is 11.5 Å². The maximum atomic E-state index is 13.3. The summed E-state index contributed by atoms with van der Waals surface area (Å²) >= 11 is 15.8. The van der Waals surface area contributed by atoms with Gasteiger partial charge in [0.05, 0.1) is 28.7 Å². The molecular weight excluding hydrogens is 607 g/mol. The molecular formula is C28H25BrCl2N4O4. The lowest BCUT2D eigenvalue weighted by atomic mass is 10.2. The maximum absolute atomic E-state index is 13.3. The van der Waals surface area contributed by atoms with Crippen molar-refractivity contribution in [3.8, 4) is 11.5 Å². The SMILES string of the molecule is CCCc1nc2ccc(Br)cc2c(=O)n1N=Cc1cc(Cl)c(OCC(=O)Nc2ccc(Cl)cc2)c(OCC)c1. The number of hydrogen-bond donors (Lipinski definition) is 1. The van der Waals surface area contributed by atoms with Crippen LogP contribution in [-0.2, 0) is 11.2 Å². The summed E-state index contributed by atoms with van der Waals surface area (Å²) in [5, 5.41) is 8.42. The van der Waals surface area contributed by atoms with Crippen LogP contribution in [0.2, 0.25) is 10.0 Å². The maximum Gasteiger partial charge on any atom is 0.282 e. The third-order valence-corrected chi connectivity index (χ3v) is 6.50. The second-order valence-corrected chi connectivity index (χ2v) is 10.2. The van der Waals surface area contributed by atoms with Gasteiger partial charge in [-0.3, -0.25) is 9.59 Å². The van der Waals surface area contributed by atoms with Gasteiger partial charge in [0, 0.05) is 21.6 Å². The first-order valence-corrected chi connectivity index (χ1v) is 13.7. The molecule has 0 bridgehead atoms. The number of hydrogen-bond acceptors (Lipinski definition) is 6. The molecule has 0 aliphatic heterocycles. The highest BCUT2D eigenvalue weighted by molar-refractivity contribution is 9.10. The predicted molar refractivity (Wildman–Crippen MR) is 159 cm³/mol. The molecule has 4 aromatic rings. The first-order chi connectivity index (χ1) is 18.8. The number of aromatic nitrogens is 2. The fraction of sp³-hybridized carbons (Fsp3) is 0.214. The summed E-state index contributed by atoms with van der Waals surface area (Å²) in [5.74, 6) is 0.742. The number of rotatable bonds is 10. The van der Waals surface area contributed by atoms with Gasteiger partial charge in [-0.15, -0.1) is 0 Å². The molecule has 0 fully saturated rings. The number of carbonyl (C=O) groups is 1. The minimum Gasteiger partial charge on any atom is -0.490 e. The first kappa shape index (κ1) is 28.6. The highest BCUT2D eigenvalue weighted by Gasteiger charge is 2.15. The van der Waals surface area contributed by atoms with Crippen molar-refractivity contribution in [2.75, 3.05) is 18.5 Å². The van der Waals surface area contributed by atoms with E-state index in [1.165, 1.54) is 10.9 Å². The molecule has 0 aliphatic carbocycles. The van der Waals surface area contributed by atoms with Gasteiger partial charge in [-0.2, -0.15) is 9.78 Å². The molecule has 0 saturated carbocycles. The Morgan fingerprint density at radius 3 is 2.59 bits per heavy atom. The van der Waals surface area contributed by atoms with Crippen LogP contribution in [0.1, 0.15) is 31.7 Å². The highest BCUT2D eigenvalue weighted by Crippen LogP contribution is 2.36. The van der Waals surface area contributed by atoms with Gasteiger partial charge in [-0.1, -0.05) is 46.1 Å². The lowest BCUT2D eigenvalue weighted by Gasteiger charge is -2.14. The number of nitrogens with one attached hydrogen (secondary N) is 1. The zero-order chi connectivity index (χ0) is 27.9. The molecule has 0 radical (unpaired) electrons. The zero-order valence-corrected chi connectivity index (χ0v) is 24.3. The smallest absolute Gasteiger partial charge is 0.282 e. The molecule has 0 spiro atoms. The van der Waals surface area contributed by atoms with Crippen molar-refractivity contribution >= 4 is 67.8 Å². The number of amides is 1. The molecule has 0 atom stereocenters. The van der Waals surface area contributed by atoms with Gasteiger partial charge in [0.2, 0.25) is 0 Å². The monoisotopic (exact) mass is 630 g/mol. The normalized spacial score (nSPS) is 11.2. The van der Waals surface area contributed by atoms with E-state index in [-0.39, 0.29) is 28.8 Å². The molecule has 1 heterocycles. The molecule has 39 heavy (non-hydrogen) atoms. The highest BCUT2D eigenvalue weighted by atomic mass is 79.9. The van der Waals surface area contributed by atoms with Gasteiger partial charge in [-0.25, -0.2) is 4.98 Å². The Morgan fingerprint density at radius 1 is 1.10 bits per heavy atom. The average Bonchev–Trinajstić information content (AvgIpc) is 2.90. The molecule has 0 unspecified atom stereocenters. The van der Waals surface area contributed by atoms with E-state index in [0.717, 1.165) is 10.9 Å². The topological polar surface area (TPSA) is 94.8 Å². The number of nitrogens with zero attached hydrogens (tertiary/aromatic N) is 3. The lowest BCUT2D eigenvalue weighted by Crippen LogP contribution is -2.22. The van der Waals surface area contributed by atoms with Crippen LogP contribution in [0.4, 0.5) is 5.69 Å². The van der Waals surface area contributed by atoms with Crippen molar-refractivity contribution in [1.29, 1.82) is 0 Å². The predicted octanol–water partition coefficient (Wildman–Crippen LogP) is 6.72. The Balaban J connectivity index is 1.59. The Labute approximate surface area is 243 Å². The molecule has 1 amide bonds. The van der Waals surface area contributed by atoms with Crippen molar-refractivity contribution in [3.63, 3.8) is 0 Å². The summed E-state index contributed by atoms with van der Waals surface area (Å²) in [5.41, 5.74) is 1.50. The Hall–Kier alpha value is -3.40. The fourth-order valence-corrected chi connectivity index (χ4v) is 4.52. The molecule has 0 saturated heterocycles. The summed E-state index contributed by atoms with van der Waals surface area (Å²) in [6.07, 6.45) is 2.88. The van der Waals surface area contributed by atoms with Crippen molar-refractivity contribution in [2.45, 2.75) is 26.7 Å². The number of fused-ring (bicyclic) bond motifs is 1. The van der Waals surface area contributed by atoms with Gasteiger partial charge < -0.3 is 14.8 Å². The summed E-state index contributed by atoms with van der Waals surface area (Å²) in [6, 6.07) is 15.4. The van der Waals surface area contributed by atoms with E-state index in [9.17, 15) is 9.59 Å². The van der Waals surface area contributed by atoms with E-state index in [4.69, 9.17) is 32.7 Å². The van der Waals surface area contributed by atoms with Gasteiger partial charge >= 0.3 is 0 Å². The van der Waals surface area contributed by atoms with Crippen molar-refractivity contribution < 1.29 is 14.3 Å². The van der Waals surface area contributed by atoms with E-state index in [2.05, 4.69) is 31.3 Å². The lowest BCUT2D eigenvalue weighted by molar-refractivity contribution is -0.118. The third kappa shape index (κ3) is 7.17. The number of anilines is 1. The number of halogens is 3. The van der Waals surface area contributed by atoms with Gasteiger partial charge in [0.1, 0.15) is 5.82 Å². The van der Waals surface area contributed by atoms with Crippen LogP contribution in [0.15, 0.2) is 69.0 Å². The Bertz CT molecular complexity index is 1590. The fourth-order valence-electron chi connectivity index (χ4n) is 3.76. The van der Waals surface area contributed by atoms with Crippen LogP contribution in [0.3, 0.4) is 0 Å². The van der Waals surface area contributed by atoms with Crippen LogP contribution >= 0.6 is 39.1 Å². The molecule has 4 rings (SSSR count). The summed E-state index contributed by atoms with van der Waals surface area (Å²) in [6.45, 7) is 3.88. The van der Waals surface area contributed by atoms with E-state index < -0.39 is 0 Å². The van der Waals surface area contributed by atoms with E-state index in [0.29, 0.717) is 51.8 Å². The molecule has 8 nitrogen and oxygen atoms in total. The van der Waals surface area contributed by atoms with E-state index in [1.807, 2.05) is 19.9 Å². The second kappa shape index (κ2) is 13.1. The van der Waals surface area contributed by atoms with Crippen molar-refractivity contribution in [3.05, 3.63) is 90.9 Å². The van der Waals surface area contributed by atoms with Gasteiger partial charge in [0.15, 0.2) is 18.1 Å². The van der Waals surface area contributed by atoms with Gasteiger partial charge in [-0.05, 0) is 73.5 Å². The molecule has 0 aliphatic rings. The molecule has 11 heteroatoms. The number of aryl methyl sites for hydroxylation is 1. The summed E-state index contributed by atoms with van der Waals surface area (Å²) in [7, 11) is 0. The minimum absolute atomic E-state index is 0.225. The standard InChI is InChI=1S/C28H25BrCl2N4O4/c1-3-5-25-34-23-11-6-18(29)14-21(23)28(37)35(25)32-15-17-12-22(31)27(24(13-17)38-4-2)39-16-26(36)33-20-9-7-19(30)8-10-20/h6-15H,3-5,16H2,1-2H3,(H,33,36). The first-order valence-electron chi connectivity index (χ1n) is 12.2. The Morgan fingerprint density at radius 2 is 1.87 bits per heavy atom. The quantitative estimate of drug-likeness (QED) is 0.196. The molecule has 202 valence electrons. The zero-order valence-electron chi connectivity index (χ0n) is 21.2. The van der Waals surface area contributed by atoms with Crippen LogP contribution in [0.5, 0.6) is 11.5 Å². The number of carbonyl (C=O) groups excluding carboxylic acids is 1. The van der Waals surface area contributed by atoms with Crippen molar-refractivity contribution in [1.82, 2.24) is 9.66 Å². The average molecular weight is 632 g/mol. The van der Waals surface area contributed by atoms with E-state index in [1.54, 1.807) is 48.5 Å². The second-order valence-electron chi connectivity index (χ2n) is 8.41. The molecule has 3 aromatic carbocycles. The third-order valence-electron chi connectivity index (χ3n) is 5.48. The van der Waals surface area contributed by atoms with Crippen LogP contribution in [0, 0.1) is 0 Å². The summed E-state index contributed by atoms with van der Waals surface area (Å²) < 4.78 is 13.5. The summed E-state index contributed by atoms with van der Waals surface area (Å²) in [4.78, 5) is 30.3. The molecule has 1 aromatic heterocycles. The number of benzene rings is 3. The van der Waals surface area contributed by atoms with Crippen molar-refractivity contribution in [2.24, 2.45) is 5.10 Å². The van der Waals surface area contributed by atoms with E-state index >= 15 is 0 Å². The number of ether oxygens (including phenoxy) is 2. The molecule has 1 N–H and O–H groups in total. The largest absolute Gasteiger partial charge is 0.490 e. The van der Waals surface area contributed by atoms with Crippen LogP contribution < -0.4 is 20.3 Å². The minimum atomic E-state index is -0.375.